The van der Waals surface area contributed by atoms with Crippen LogP contribution >= 0.6 is 12.2 Å². The van der Waals surface area contributed by atoms with Crippen LogP contribution in [0.1, 0.15) is 25.7 Å². The van der Waals surface area contributed by atoms with Gasteiger partial charge in [0.15, 0.2) is 5.11 Å². The van der Waals surface area contributed by atoms with Gasteiger partial charge in [0, 0.05) is 12.1 Å². The number of thiocarbonyl (C=S) groups is 1. The topological polar surface area (TPSA) is 24.1 Å². The number of nitrogens with one attached hydrogen (secondary N) is 2. The number of benzene rings is 1. The van der Waals surface area contributed by atoms with Crippen molar-refractivity contribution in [2.45, 2.75) is 31.7 Å². The average Bonchev–Trinajstić information content (AvgIpc) is 2.75. The van der Waals surface area contributed by atoms with Crippen molar-refractivity contribution < 1.29 is 8.78 Å². The summed E-state index contributed by atoms with van der Waals surface area (Å²) in [7, 11) is 0. The smallest absolute Gasteiger partial charge is 0.171 e. The third-order valence-electron chi connectivity index (χ3n) is 2.87. The number of rotatable bonds is 2. The second kappa shape index (κ2) is 5.40. The summed E-state index contributed by atoms with van der Waals surface area (Å²) < 4.78 is 26.0. The minimum atomic E-state index is -0.638. The molecule has 0 bridgehead atoms. The summed E-state index contributed by atoms with van der Waals surface area (Å²) in [6, 6.07) is 3.75. The van der Waals surface area contributed by atoms with Crippen molar-refractivity contribution in [2.75, 3.05) is 5.32 Å². The molecule has 0 aromatic heterocycles. The molecule has 0 spiro atoms. The van der Waals surface area contributed by atoms with E-state index in [1.54, 1.807) is 0 Å². The summed E-state index contributed by atoms with van der Waals surface area (Å²) in [6.07, 6.45) is 4.58. The molecule has 17 heavy (non-hydrogen) atoms. The highest BCUT2D eigenvalue weighted by Crippen LogP contribution is 2.18. The zero-order valence-corrected chi connectivity index (χ0v) is 10.1. The normalized spacial score (nSPS) is 15.9. The van der Waals surface area contributed by atoms with Crippen molar-refractivity contribution in [3.8, 4) is 0 Å². The zero-order chi connectivity index (χ0) is 12.3. The van der Waals surface area contributed by atoms with Crippen LogP contribution in [0.3, 0.4) is 0 Å². The summed E-state index contributed by atoms with van der Waals surface area (Å²) in [5, 5.41) is 6.26. The van der Waals surface area contributed by atoms with Crippen molar-refractivity contribution in [2.24, 2.45) is 0 Å². The van der Waals surface area contributed by atoms with Crippen molar-refractivity contribution in [3.63, 3.8) is 0 Å². The minimum absolute atomic E-state index is 0.196. The first-order valence-electron chi connectivity index (χ1n) is 5.68. The largest absolute Gasteiger partial charge is 0.360 e. The summed E-state index contributed by atoms with van der Waals surface area (Å²) >= 11 is 5.08. The Bertz CT molecular complexity index is 417. The SMILES string of the molecule is Fc1ccc(NC(=S)NC2CCCC2)c(F)c1. The third kappa shape index (κ3) is 3.36. The van der Waals surface area contributed by atoms with E-state index >= 15 is 0 Å². The highest BCUT2D eigenvalue weighted by molar-refractivity contribution is 7.80. The Hall–Kier alpha value is -1.23. The number of anilines is 1. The molecule has 0 unspecified atom stereocenters. The molecule has 1 aliphatic carbocycles. The maximum atomic E-state index is 13.3. The van der Waals surface area contributed by atoms with E-state index in [0.717, 1.165) is 18.9 Å². The molecular formula is C12H14F2N2S. The van der Waals surface area contributed by atoms with Crippen molar-refractivity contribution >= 4 is 23.0 Å². The molecule has 5 heteroatoms. The summed E-state index contributed by atoms with van der Waals surface area (Å²) in [5.74, 6) is -1.23. The van der Waals surface area contributed by atoms with Crippen LogP contribution < -0.4 is 10.6 Å². The van der Waals surface area contributed by atoms with Gasteiger partial charge in [-0.25, -0.2) is 8.78 Å². The molecule has 1 aromatic carbocycles. The van der Waals surface area contributed by atoms with Crippen LogP contribution in [0.15, 0.2) is 18.2 Å². The van der Waals surface area contributed by atoms with Gasteiger partial charge in [-0.15, -0.1) is 0 Å². The predicted octanol–water partition coefficient (Wildman–Crippen LogP) is 3.19. The highest BCUT2D eigenvalue weighted by Gasteiger charge is 2.15. The maximum Gasteiger partial charge on any atom is 0.171 e. The van der Waals surface area contributed by atoms with Crippen molar-refractivity contribution in [1.29, 1.82) is 0 Å². The van der Waals surface area contributed by atoms with E-state index in [-0.39, 0.29) is 5.69 Å². The van der Waals surface area contributed by atoms with E-state index in [9.17, 15) is 8.78 Å². The minimum Gasteiger partial charge on any atom is -0.360 e. The van der Waals surface area contributed by atoms with Crippen molar-refractivity contribution in [3.05, 3.63) is 29.8 Å². The van der Waals surface area contributed by atoms with E-state index in [1.807, 2.05) is 0 Å². The standard InChI is InChI=1S/C12H14F2N2S/c13-8-5-6-11(10(14)7-8)16-12(17)15-9-3-1-2-4-9/h5-7,9H,1-4H2,(H2,15,16,17). The van der Waals surface area contributed by atoms with Gasteiger partial charge < -0.3 is 10.6 Å². The first-order chi connectivity index (χ1) is 8.15. The van der Waals surface area contributed by atoms with E-state index in [1.165, 1.54) is 25.0 Å². The number of hydrogen-bond acceptors (Lipinski definition) is 1. The summed E-state index contributed by atoms with van der Waals surface area (Å²) in [6.45, 7) is 0. The van der Waals surface area contributed by atoms with E-state index in [0.29, 0.717) is 11.2 Å². The molecule has 0 atom stereocenters. The molecule has 1 aliphatic rings. The Labute approximate surface area is 104 Å². The van der Waals surface area contributed by atoms with E-state index < -0.39 is 11.6 Å². The lowest BCUT2D eigenvalue weighted by molar-refractivity contribution is 0.585. The molecule has 1 saturated carbocycles. The Balaban J connectivity index is 1.93. The fourth-order valence-corrected chi connectivity index (χ4v) is 2.28. The van der Waals surface area contributed by atoms with Gasteiger partial charge in [-0.2, -0.15) is 0 Å². The van der Waals surface area contributed by atoms with E-state index in [4.69, 9.17) is 12.2 Å². The van der Waals surface area contributed by atoms with Crippen molar-refractivity contribution in [1.82, 2.24) is 5.32 Å². The van der Waals surface area contributed by atoms with Gasteiger partial charge in [0.25, 0.3) is 0 Å². The van der Waals surface area contributed by atoms with Crippen LogP contribution in [0.2, 0.25) is 0 Å². The first kappa shape index (κ1) is 12.2. The Morgan fingerprint density at radius 3 is 2.59 bits per heavy atom. The predicted molar refractivity (Wildman–Crippen MR) is 68.0 cm³/mol. The van der Waals surface area contributed by atoms with Gasteiger partial charge in [-0.1, -0.05) is 12.8 Å². The lowest BCUT2D eigenvalue weighted by atomic mass is 10.2. The molecule has 2 nitrogen and oxygen atoms in total. The molecule has 1 aromatic rings. The molecule has 0 radical (unpaired) electrons. The van der Waals surface area contributed by atoms with Gasteiger partial charge in [0.1, 0.15) is 11.6 Å². The van der Waals surface area contributed by atoms with Crippen LogP contribution in [-0.4, -0.2) is 11.2 Å². The van der Waals surface area contributed by atoms with Crippen LogP contribution in [0, 0.1) is 11.6 Å². The molecule has 92 valence electrons. The van der Waals surface area contributed by atoms with Gasteiger partial charge in [0.2, 0.25) is 0 Å². The second-order valence-corrected chi connectivity index (χ2v) is 4.61. The average molecular weight is 256 g/mol. The Kier molecular flexibility index (Phi) is 3.89. The molecule has 0 heterocycles. The fourth-order valence-electron chi connectivity index (χ4n) is 2.00. The quantitative estimate of drug-likeness (QED) is 0.795. The summed E-state index contributed by atoms with van der Waals surface area (Å²) in [5.41, 5.74) is 0.196. The number of hydrogen-bond donors (Lipinski definition) is 2. The Morgan fingerprint density at radius 1 is 1.24 bits per heavy atom. The highest BCUT2D eigenvalue weighted by atomic mass is 32.1. The molecule has 1 fully saturated rings. The zero-order valence-electron chi connectivity index (χ0n) is 9.30. The fraction of sp³-hybridized carbons (Fsp3) is 0.417. The lowest BCUT2D eigenvalue weighted by Gasteiger charge is -2.15. The van der Waals surface area contributed by atoms with Crippen LogP contribution in [0.5, 0.6) is 0 Å². The lowest BCUT2D eigenvalue weighted by Crippen LogP contribution is -2.36. The third-order valence-corrected chi connectivity index (χ3v) is 3.09. The van der Waals surface area contributed by atoms with Gasteiger partial charge >= 0.3 is 0 Å². The Morgan fingerprint density at radius 2 is 1.94 bits per heavy atom. The molecular weight excluding hydrogens is 242 g/mol. The summed E-state index contributed by atoms with van der Waals surface area (Å²) in [4.78, 5) is 0. The monoisotopic (exact) mass is 256 g/mol. The molecule has 2 rings (SSSR count). The molecule has 0 saturated heterocycles. The first-order valence-corrected chi connectivity index (χ1v) is 6.08. The second-order valence-electron chi connectivity index (χ2n) is 4.20. The number of halogens is 2. The van der Waals surface area contributed by atoms with Crippen LogP contribution in [0.25, 0.3) is 0 Å². The van der Waals surface area contributed by atoms with Crippen LogP contribution in [0.4, 0.5) is 14.5 Å². The molecule has 0 aliphatic heterocycles. The maximum absolute atomic E-state index is 13.3. The van der Waals surface area contributed by atoms with E-state index in [2.05, 4.69) is 10.6 Å². The van der Waals surface area contributed by atoms with Crippen LogP contribution in [-0.2, 0) is 0 Å². The van der Waals surface area contributed by atoms with Gasteiger partial charge in [0.05, 0.1) is 5.69 Å². The molecule has 0 amide bonds. The molecule has 2 N–H and O–H groups in total. The van der Waals surface area contributed by atoms with Gasteiger partial charge in [-0.05, 0) is 37.2 Å². The van der Waals surface area contributed by atoms with Gasteiger partial charge in [-0.3, -0.25) is 0 Å².